The first-order valence-corrected chi connectivity index (χ1v) is 8.91. The Balaban J connectivity index is 1.55. The summed E-state index contributed by atoms with van der Waals surface area (Å²) in [5.41, 5.74) is 2.74. The summed E-state index contributed by atoms with van der Waals surface area (Å²) in [6, 6.07) is 10.1. The number of aromatic amines is 1. The highest BCUT2D eigenvalue weighted by molar-refractivity contribution is 6.32. The molecule has 0 fully saturated rings. The summed E-state index contributed by atoms with van der Waals surface area (Å²) in [5, 5.41) is 11.3. The standard InChI is InChI=1S/C19H15ClN4O4/c20-14-8-11(9-15-17(14)28-7-3-6-27-15)10-21-23-19(26)16-12-4-1-2-5-13(12)18(25)24-22-16/h1-2,4-5,8-10H,3,6-7H2,(H,23,26)(H,24,25)/b21-10-. The fourth-order valence-corrected chi connectivity index (χ4v) is 3.11. The molecule has 1 aliphatic rings. The van der Waals surface area contributed by atoms with Crippen LogP contribution in [0.25, 0.3) is 10.8 Å². The second-order valence-corrected chi connectivity index (χ2v) is 6.43. The minimum atomic E-state index is -0.552. The van der Waals surface area contributed by atoms with Gasteiger partial charge in [-0.15, -0.1) is 0 Å². The molecule has 2 heterocycles. The van der Waals surface area contributed by atoms with Gasteiger partial charge in [0, 0.05) is 11.8 Å². The average molecular weight is 399 g/mol. The molecule has 28 heavy (non-hydrogen) atoms. The molecule has 4 rings (SSSR count). The molecule has 0 aliphatic carbocycles. The van der Waals surface area contributed by atoms with E-state index in [1.807, 2.05) is 0 Å². The van der Waals surface area contributed by atoms with Crippen LogP contribution in [0.3, 0.4) is 0 Å². The van der Waals surface area contributed by atoms with Gasteiger partial charge < -0.3 is 9.47 Å². The van der Waals surface area contributed by atoms with Gasteiger partial charge in [-0.25, -0.2) is 10.5 Å². The smallest absolute Gasteiger partial charge is 0.292 e. The Morgan fingerprint density at radius 3 is 2.86 bits per heavy atom. The SMILES string of the molecule is O=C(N/N=C\c1cc(Cl)c2c(c1)OCCCO2)c1n[nH]c(=O)c2ccccc12. The third-order valence-electron chi connectivity index (χ3n) is 4.12. The number of ether oxygens (including phenoxy) is 2. The van der Waals surface area contributed by atoms with Gasteiger partial charge >= 0.3 is 0 Å². The molecule has 1 amide bonds. The van der Waals surface area contributed by atoms with E-state index in [0.29, 0.717) is 46.1 Å². The molecule has 0 unspecified atom stereocenters. The molecule has 0 saturated heterocycles. The number of hydrogen-bond acceptors (Lipinski definition) is 6. The van der Waals surface area contributed by atoms with Gasteiger partial charge in [0.15, 0.2) is 17.2 Å². The molecule has 0 spiro atoms. The maximum absolute atomic E-state index is 12.4. The predicted molar refractivity (Wildman–Crippen MR) is 104 cm³/mol. The van der Waals surface area contributed by atoms with Crippen molar-refractivity contribution in [3.63, 3.8) is 0 Å². The number of carbonyl (C=O) groups is 1. The first-order chi connectivity index (χ1) is 13.6. The van der Waals surface area contributed by atoms with E-state index in [4.69, 9.17) is 21.1 Å². The quantitative estimate of drug-likeness (QED) is 0.521. The number of nitrogens with one attached hydrogen (secondary N) is 2. The summed E-state index contributed by atoms with van der Waals surface area (Å²) in [6.45, 7) is 1.07. The van der Waals surface area contributed by atoms with E-state index in [0.717, 1.165) is 6.42 Å². The zero-order valence-corrected chi connectivity index (χ0v) is 15.3. The summed E-state index contributed by atoms with van der Waals surface area (Å²) in [6.07, 6.45) is 2.21. The van der Waals surface area contributed by atoms with Crippen LogP contribution in [0, 0.1) is 0 Å². The number of carbonyl (C=O) groups excluding carboxylic acids is 1. The number of hydrogen-bond donors (Lipinski definition) is 2. The van der Waals surface area contributed by atoms with Crippen LogP contribution < -0.4 is 20.5 Å². The molecule has 142 valence electrons. The Morgan fingerprint density at radius 2 is 2.00 bits per heavy atom. The maximum atomic E-state index is 12.4. The second kappa shape index (κ2) is 7.69. The molecule has 3 aromatic rings. The maximum Gasteiger partial charge on any atom is 0.292 e. The van der Waals surface area contributed by atoms with E-state index in [1.165, 1.54) is 6.21 Å². The average Bonchev–Trinajstić information content (AvgIpc) is 2.94. The Morgan fingerprint density at radius 1 is 1.21 bits per heavy atom. The van der Waals surface area contributed by atoms with Crippen molar-refractivity contribution >= 4 is 34.5 Å². The van der Waals surface area contributed by atoms with Crippen LogP contribution in [-0.2, 0) is 0 Å². The zero-order chi connectivity index (χ0) is 19.5. The van der Waals surface area contributed by atoms with Crippen molar-refractivity contribution in [1.82, 2.24) is 15.6 Å². The van der Waals surface area contributed by atoms with Crippen LogP contribution in [0.2, 0.25) is 5.02 Å². The minimum absolute atomic E-state index is 0.0732. The highest BCUT2D eigenvalue weighted by atomic mass is 35.5. The van der Waals surface area contributed by atoms with Crippen molar-refractivity contribution in [1.29, 1.82) is 0 Å². The van der Waals surface area contributed by atoms with E-state index >= 15 is 0 Å². The Hall–Kier alpha value is -3.39. The zero-order valence-electron chi connectivity index (χ0n) is 14.6. The topological polar surface area (TPSA) is 106 Å². The van der Waals surface area contributed by atoms with Gasteiger partial charge in [0.25, 0.3) is 11.5 Å². The largest absolute Gasteiger partial charge is 0.489 e. The van der Waals surface area contributed by atoms with Crippen molar-refractivity contribution < 1.29 is 14.3 Å². The molecule has 9 heteroatoms. The summed E-state index contributed by atoms with van der Waals surface area (Å²) in [5.74, 6) is 0.486. The van der Waals surface area contributed by atoms with Crippen LogP contribution >= 0.6 is 11.6 Å². The molecule has 0 bridgehead atoms. The second-order valence-electron chi connectivity index (χ2n) is 6.03. The van der Waals surface area contributed by atoms with Crippen LogP contribution in [-0.4, -0.2) is 35.5 Å². The van der Waals surface area contributed by atoms with Crippen molar-refractivity contribution in [2.45, 2.75) is 6.42 Å². The molecule has 1 aliphatic heterocycles. The highest BCUT2D eigenvalue weighted by Gasteiger charge is 2.16. The Bertz CT molecular complexity index is 1140. The molecule has 0 radical (unpaired) electrons. The lowest BCUT2D eigenvalue weighted by Gasteiger charge is -2.09. The third kappa shape index (κ3) is 3.54. The molecule has 8 nitrogen and oxygen atoms in total. The Labute approximate surface area is 164 Å². The van der Waals surface area contributed by atoms with E-state index < -0.39 is 5.91 Å². The number of nitrogens with zero attached hydrogens (tertiary/aromatic N) is 2. The molecule has 0 saturated carbocycles. The number of halogens is 1. The van der Waals surface area contributed by atoms with Crippen molar-refractivity contribution in [3.8, 4) is 11.5 Å². The van der Waals surface area contributed by atoms with Gasteiger partial charge in [0.2, 0.25) is 0 Å². The van der Waals surface area contributed by atoms with Crippen molar-refractivity contribution in [2.24, 2.45) is 5.10 Å². The van der Waals surface area contributed by atoms with Gasteiger partial charge in [-0.05, 0) is 23.8 Å². The molecule has 2 aromatic carbocycles. The molecule has 1 aromatic heterocycles. The number of hydrazone groups is 1. The lowest BCUT2D eigenvalue weighted by Crippen LogP contribution is -2.22. The van der Waals surface area contributed by atoms with E-state index in [1.54, 1.807) is 36.4 Å². The monoisotopic (exact) mass is 398 g/mol. The predicted octanol–water partition coefficient (Wildman–Crippen LogP) is 2.50. The Kier molecular flexibility index (Phi) is 4.94. The number of rotatable bonds is 3. The summed E-state index contributed by atoms with van der Waals surface area (Å²) < 4.78 is 11.2. The van der Waals surface area contributed by atoms with Crippen LogP contribution in [0.15, 0.2) is 46.3 Å². The first-order valence-electron chi connectivity index (χ1n) is 8.53. The third-order valence-corrected chi connectivity index (χ3v) is 4.40. The molecule has 0 atom stereocenters. The summed E-state index contributed by atoms with van der Waals surface area (Å²) in [4.78, 5) is 24.2. The van der Waals surface area contributed by atoms with Gasteiger partial charge in [-0.1, -0.05) is 29.8 Å². The van der Waals surface area contributed by atoms with E-state index in [2.05, 4.69) is 20.7 Å². The summed E-state index contributed by atoms with van der Waals surface area (Å²) >= 11 is 6.24. The number of H-pyrrole nitrogens is 1. The van der Waals surface area contributed by atoms with Gasteiger partial charge in [0.05, 0.1) is 29.8 Å². The molecular formula is C19H15ClN4O4. The lowest BCUT2D eigenvalue weighted by atomic mass is 10.1. The van der Waals surface area contributed by atoms with Crippen LogP contribution in [0.5, 0.6) is 11.5 Å². The van der Waals surface area contributed by atoms with Crippen LogP contribution in [0.1, 0.15) is 22.5 Å². The number of benzene rings is 2. The van der Waals surface area contributed by atoms with Crippen LogP contribution in [0.4, 0.5) is 0 Å². The number of aromatic nitrogens is 2. The van der Waals surface area contributed by atoms with E-state index in [9.17, 15) is 9.59 Å². The fourth-order valence-electron chi connectivity index (χ4n) is 2.83. The lowest BCUT2D eigenvalue weighted by molar-refractivity contribution is 0.0951. The first kappa shape index (κ1) is 18.0. The summed E-state index contributed by atoms with van der Waals surface area (Å²) in [7, 11) is 0. The van der Waals surface area contributed by atoms with Crippen molar-refractivity contribution in [3.05, 3.63) is 63.0 Å². The number of fused-ring (bicyclic) bond motifs is 2. The minimum Gasteiger partial charge on any atom is -0.489 e. The molecule has 2 N–H and O–H groups in total. The van der Waals surface area contributed by atoms with Gasteiger partial charge in [-0.2, -0.15) is 10.2 Å². The highest BCUT2D eigenvalue weighted by Crippen LogP contribution is 2.37. The van der Waals surface area contributed by atoms with Gasteiger partial charge in [0.1, 0.15) is 0 Å². The molecular weight excluding hydrogens is 384 g/mol. The van der Waals surface area contributed by atoms with Crippen molar-refractivity contribution in [2.75, 3.05) is 13.2 Å². The fraction of sp³-hybridized carbons (Fsp3) is 0.158. The number of amides is 1. The van der Waals surface area contributed by atoms with E-state index in [-0.39, 0.29) is 11.3 Å². The van der Waals surface area contributed by atoms with Gasteiger partial charge in [-0.3, -0.25) is 9.59 Å². The normalized spacial score (nSPS) is 13.5.